The molecule has 11 heavy (non-hydrogen) atoms. The minimum atomic E-state index is 0.852. The average Bonchev–Trinajstić information content (AvgIpc) is 2.32. The molecule has 0 N–H and O–H groups in total. The summed E-state index contributed by atoms with van der Waals surface area (Å²) in [6.45, 7) is 0. The van der Waals surface area contributed by atoms with E-state index in [1.54, 1.807) is 10.7 Å². The molecule has 0 spiro atoms. The Morgan fingerprint density at radius 2 is 2.27 bits per heavy atom. The van der Waals surface area contributed by atoms with E-state index in [2.05, 4.69) is 48.6 Å². The highest BCUT2D eigenvalue weighted by molar-refractivity contribution is 14.1. The number of nitrogens with zero attached hydrogens (tertiary/aromatic N) is 3. The standard InChI is InChI=1S/C6H3BrIN3/c7-5-2-10-11-3-4(8)1-9-6(5)11/h1-3H. The maximum Gasteiger partial charge on any atom is 0.169 e. The Hall–Kier alpha value is -0.170. The van der Waals surface area contributed by atoms with Gasteiger partial charge in [0.05, 0.1) is 10.7 Å². The van der Waals surface area contributed by atoms with Crippen LogP contribution in [0.5, 0.6) is 0 Å². The molecule has 2 aromatic heterocycles. The Balaban J connectivity index is 2.86. The summed E-state index contributed by atoms with van der Waals surface area (Å²) < 4.78 is 3.74. The van der Waals surface area contributed by atoms with E-state index in [0.717, 1.165) is 13.7 Å². The zero-order chi connectivity index (χ0) is 7.84. The van der Waals surface area contributed by atoms with Crippen molar-refractivity contribution in [3.63, 3.8) is 0 Å². The van der Waals surface area contributed by atoms with E-state index in [0.29, 0.717) is 0 Å². The SMILES string of the molecule is Brc1cnn2cc(I)cnc12. The van der Waals surface area contributed by atoms with Gasteiger partial charge < -0.3 is 0 Å². The Bertz CT molecular complexity index is 398. The predicted octanol–water partition coefficient (Wildman–Crippen LogP) is 2.10. The zero-order valence-electron chi connectivity index (χ0n) is 5.33. The van der Waals surface area contributed by atoms with Gasteiger partial charge in [-0.15, -0.1) is 0 Å². The highest BCUT2D eigenvalue weighted by atomic mass is 127. The highest BCUT2D eigenvalue weighted by Crippen LogP contribution is 2.15. The first-order valence-electron chi connectivity index (χ1n) is 2.92. The summed E-state index contributed by atoms with van der Waals surface area (Å²) in [5, 5.41) is 4.08. The van der Waals surface area contributed by atoms with Crippen LogP contribution >= 0.6 is 38.5 Å². The predicted molar refractivity (Wildman–Crippen MR) is 53.4 cm³/mol. The topological polar surface area (TPSA) is 30.2 Å². The summed E-state index contributed by atoms with van der Waals surface area (Å²) in [7, 11) is 0. The average molecular weight is 324 g/mol. The first kappa shape index (κ1) is 7.48. The quantitative estimate of drug-likeness (QED) is 0.695. The maximum absolute atomic E-state index is 4.19. The van der Waals surface area contributed by atoms with E-state index in [1.807, 2.05) is 12.4 Å². The molecular formula is C6H3BrIN3. The fourth-order valence-corrected chi connectivity index (χ4v) is 1.60. The Kier molecular flexibility index (Phi) is 1.84. The van der Waals surface area contributed by atoms with Gasteiger partial charge in [0.25, 0.3) is 0 Å². The Morgan fingerprint density at radius 1 is 1.45 bits per heavy atom. The molecule has 56 valence electrons. The number of rotatable bonds is 0. The van der Waals surface area contributed by atoms with Crippen molar-refractivity contribution < 1.29 is 0 Å². The summed E-state index contributed by atoms with van der Waals surface area (Å²) in [6.07, 6.45) is 5.47. The van der Waals surface area contributed by atoms with Crippen molar-refractivity contribution in [1.82, 2.24) is 14.6 Å². The lowest BCUT2D eigenvalue weighted by Crippen LogP contribution is -1.89. The summed E-state index contributed by atoms with van der Waals surface area (Å²) in [5.41, 5.74) is 0.852. The molecule has 0 aliphatic heterocycles. The van der Waals surface area contributed by atoms with Gasteiger partial charge in [0.15, 0.2) is 5.65 Å². The van der Waals surface area contributed by atoms with Crippen LogP contribution in [0.3, 0.4) is 0 Å². The lowest BCUT2D eigenvalue weighted by Gasteiger charge is -1.91. The van der Waals surface area contributed by atoms with Gasteiger partial charge in [-0.25, -0.2) is 9.50 Å². The lowest BCUT2D eigenvalue weighted by atomic mass is 10.6. The minimum absolute atomic E-state index is 0.852. The van der Waals surface area contributed by atoms with Gasteiger partial charge in [-0.1, -0.05) is 0 Å². The minimum Gasteiger partial charge on any atom is -0.235 e. The van der Waals surface area contributed by atoms with Crippen molar-refractivity contribution in [2.75, 3.05) is 0 Å². The second-order valence-corrected chi connectivity index (χ2v) is 4.13. The van der Waals surface area contributed by atoms with E-state index in [-0.39, 0.29) is 0 Å². The second-order valence-electron chi connectivity index (χ2n) is 2.03. The van der Waals surface area contributed by atoms with Crippen LogP contribution in [-0.4, -0.2) is 14.6 Å². The van der Waals surface area contributed by atoms with E-state index in [1.165, 1.54) is 0 Å². The molecule has 0 saturated carbocycles. The molecule has 0 radical (unpaired) electrons. The summed E-state index contributed by atoms with van der Waals surface area (Å²) in [5.74, 6) is 0. The van der Waals surface area contributed by atoms with E-state index >= 15 is 0 Å². The van der Waals surface area contributed by atoms with Gasteiger partial charge in [-0.3, -0.25) is 0 Å². The first-order valence-corrected chi connectivity index (χ1v) is 4.79. The van der Waals surface area contributed by atoms with Crippen molar-refractivity contribution in [3.05, 3.63) is 26.6 Å². The van der Waals surface area contributed by atoms with Crippen LogP contribution in [0.1, 0.15) is 0 Å². The van der Waals surface area contributed by atoms with Crippen molar-refractivity contribution in [2.45, 2.75) is 0 Å². The molecule has 0 amide bonds. The van der Waals surface area contributed by atoms with Gasteiger partial charge in [0.2, 0.25) is 0 Å². The molecule has 0 fully saturated rings. The van der Waals surface area contributed by atoms with Crippen LogP contribution in [0.25, 0.3) is 5.65 Å². The summed E-state index contributed by atoms with van der Waals surface area (Å²) in [6, 6.07) is 0. The van der Waals surface area contributed by atoms with Crippen LogP contribution in [0, 0.1) is 3.57 Å². The number of hydrogen-bond acceptors (Lipinski definition) is 2. The fraction of sp³-hybridized carbons (Fsp3) is 0. The fourth-order valence-electron chi connectivity index (χ4n) is 0.823. The Morgan fingerprint density at radius 3 is 3.09 bits per heavy atom. The van der Waals surface area contributed by atoms with Crippen molar-refractivity contribution in [2.24, 2.45) is 0 Å². The molecule has 0 saturated heterocycles. The highest BCUT2D eigenvalue weighted by Gasteiger charge is 2.00. The van der Waals surface area contributed by atoms with E-state index in [9.17, 15) is 0 Å². The van der Waals surface area contributed by atoms with Crippen LogP contribution in [0.2, 0.25) is 0 Å². The molecule has 0 aromatic carbocycles. The van der Waals surface area contributed by atoms with Gasteiger partial charge in [-0.05, 0) is 38.5 Å². The van der Waals surface area contributed by atoms with Crippen molar-refractivity contribution in [1.29, 1.82) is 0 Å². The van der Waals surface area contributed by atoms with Crippen molar-refractivity contribution in [3.8, 4) is 0 Å². The van der Waals surface area contributed by atoms with E-state index in [4.69, 9.17) is 0 Å². The van der Waals surface area contributed by atoms with Gasteiger partial charge in [-0.2, -0.15) is 5.10 Å². The lowest BCUT2D eigenvalue weighted by molar-refractivity contribution is 0.932. The first-order chi connectivity index (χ1) is 5.27. The van der Waals surface area contributed by atoms with Crippen LogP contribution < -0.4 is 0 Å². The summed E-state index contributed by atoms with van der Waals surface area (Å²) in [4.78, 5) is 4.19. The third kappa shape index (κ3) is 1.26. The molecule has 2 aromatic rings. The van der Waals surface area contributed by atoms with E-state index < -0.39 is 0 Å². The van der Waals surface area contributed by atoms with Crippen LogP contribution in [0.15, 0.2) is 23.1 Å². The molecule has 2 rings (SSSR count). The molecule has 0 atom stereocenters. The number of fused-ring (bicyclic) bond motifs is 1. The number of hydrogen-bond donors (Lipinski definition) is 0. The third-order valence-corrected chi connectivity index (χ3v) is 2.40. The monoisotopic (exact) mass is 323 g/mol. The largest absolute Gasteiger partial charge is 0.235 e. The summed E-state index contributed by atoms with van der Waals surface area (Å²) >= 11 is 5.54. The van der Waals surface area contributed by atoms with Gasteiger partial charge in [0, 0.05) is 16.0 Å². The number of aromatic nitrogens is 3. The molecule has 0 aliphatic rings. The van der Waals surface area contributed by atoms with Gasteiger partial charge >= 0.3 is 0 Å². The molecular weight excluding hydrogens is 321 g/mol. The molecule has 0 unspecified atom stereocenters. The maximum atomic E-state index is 4.19. The molecule has 0 bridgehead atoms. The molecule has 0 aliphatic carbocycles. The van der Waals surface area contributed by atoms with Gasteiger partial charge in [0.1, 0.15) is 0 Å². The Labute approximate surface area is 85.1 Å². The van der Waals surface area contributed by atoms with Crippen LogP contribution in [0.4, 0.5) is 0 Å². The number of halogens is 2. The zero-order valence-corrected chi connectivity index (χ0v) is 9.07. The van der Waals surface area contributed by atoms with Crippen molar-refractivity contribution >= 4 is 44.2 Å². The molecule has 5 heteroatoms. The third-order valence-electron chi connectivity index (χ3n) is 1.28. The smallest absolute Gasteiger partial charge is 0.169 e. The molecule has 2 heterocycles. The second kappa shape index (κ2) is 2.71. The van der Waals surface area contributed by atoms with Crippen LogP contribution in [-0.2, 0) is 0 Å². The molecule has 3 nitrogen and oxygen atoms in total. The normalized spacial score (nSPS) is 10.7.